The molecule has 0 N–H and O–H groups in total. The molecule has 0 unspecified atom stereocenters. The van der Waals surface area contributed by atoms with Crippen LogP contribution in [0.2, 0.25) is 10.0 Å². The van der Waals surface area contributed by atoms with Gasteiger partial charge in [-0.15, -0.1) is 0 Å². The van der Waals surface area contributed by atoms with Crippen LogP contribution in [0.5, 0.6) is 0 Å². The number of benzene rings is 1. The molecule has 0 bridgehead atoms. The predicted octanol–water partition coefficient (Wildman–Crippen LogP) is 4.16. The highest BCUT2D eigenvalue weighted by atomic mass is 35.5. The van der Waals surface area contributed by atoms with Crippen LogP contribution in [0.3, 0.4) is 0 Å². The van der Waals surface area contributed by atoms with E-state index in [0.29, 0.717) is 10.0 Å². The first-order chi connectivity index (χ1) is 6.58. The Bertz CT molecular complexity index is 459. The summed E-state index contributed by atoms with van der Waals surface area (Å²) in [6, 6.07) is 5.59. The number of nitrogens with zero attached hydrogens (tertiary/aromatic N) is 1. The predicted molar refractivity (Wildman–Crippen MR) is 61.2 cm³/mol. The summed E-state index contributed by atoms with van der Waals surface area (Å²) in [6.45, 7) is 3.91. The minimum absolute atomic E-state index is 0.697. The molecule has 2 rings (SSSR count). The Morgan fingerprint density at radius 2 is 1.79 bits per heavy atom. The van der Waals surface area contributed by atoms with Gasteiger partial charge >= 0.3 is 0 Å². The van der Waals surface area contributed by atoms with E-state index in [1.807, 2.05) is 32.0 Å². The summed E-state index contributed by atoms with van der Waals surface area (Å²) in [6.07, 6.45) is 0. The SMILES string of the molecule is Cc1cc(Cl)c2cc(Cl)cc(C)c2n1. The van der Waals surface area contributed by atoms with Crippen molar-refractivity contribution in [2.24, 2.45) is 0 Å². The third-order valence-corrected chi connectivity index (χ3v) is 2.68. The van der Waals surface area contributed by atoms with Crippen molar-refractivity contribution in [2.45, 2.75) is 13.8 Å². The first-order valence-electron chi connectivity index (χ1n) is 4.31. The van der Waals surface area contributed by atoms with Crippen LogP contribution in [-0.4, -0.2) is 4.98 Å². The molecule has 0 amide bonds. The zero-order valence-electron chi connectivity index (χ0n) is 7.94. The van der Waals surface area contributed by atoms with Crippen molar-refractivity contribution >= 4 is 34.1 Å². The molecule has 1 nitrogen and oxygen atoms in total. The highest BCUT2D eigenvalue weighted by Gasteiger charge is 2.05. The molecule has 2 aromatic rings. The minimum atomic E-state index is 0.697. The van der Waals surface area contributed by atoms with E-state index < -0.39 is 0 Å². The number of aryl methyl sites for hydroxylation is 2. The van der Waals surface area contributed by atoms with Crippen molar-refractivity contribution in [3.8, 4) is 0 Å². The molecule has 1 heterocycles. The molecule has 0 saturated carbocycles. The molecule has 1 aromatic carbocycles. The molecule has 0 aliphatic carbocycles. The molecule has 0 radical (unpaired) electrons. The van der Waals surface area contributed by atoms with Crippen molar-refractivity contribution in [3.63, 3.8) is 0 Å². The van der Waals surface area contributed by atoms with Crippen LogP contribution in [0.25, 0.3) is 10.9 Å². The Labute approximate surface area is 92.7 Å². The molecular formula is C11H9Cl2N. The molecule has 1 aromatic heterocycles. The highest BCUT2D eigenvalue weighted by molar-refractivity contribution is 6.36. The Kier molecular flexibility index (Phi) is 2.38. The largest absolute Gasteiger partial charge is 0.253 e. The number of aromatic nitrogens is 1. The Morgan fingerprint density at radius 1 is 1.07 bits per heavy atom. The Morgan fingerprint density at radius 3 is 2.50 bits per heavy atom. The third kappa shape index (κ3) is 1.58. The van der Waals surface area contributed by atoms with Gasteiger partial charge in [0.05, 0.1) is 10.5 Å². The van der Waals surface area contributed by atoms with Gasteiger partial charge < -0.3 is 0 Å². The van der Waals surface area contributed by atoms with Gasteiger partial charge in [0.1, 0.15) is 0 Å². The zero-order chi connectivity index (χ0) is 10.3. The molecule has 14 heavy (non-hydrogen) atoms. The molecule has 0 fully saturated rings. The van der Waals surface area contributed by atoms with E-state index in [0.717, 1.165) is 22.2 Å². The van der Waals surface area contributed by atoms with Gasteiger partial charge in [-0.25, -0.2) is 0 Å². The second kappa shape index (κ2) is 3.41. The zero-order valence-corrected chi connectivity index (χ0v) is 9.45. The van der Waals surface area contributed by atoms with E-state index >= 15 is 0 Å². The molecule has 0 aliphatic rings. The van der Waals surface area contributed by atoms with Gasteiger partial charge in [-0.05, 0) is 37.6 Å². The normalized spacial score (nSPS) is 10.9. The first kappa shape index (κ1) is 9.75. The van der Waals surface area contributed by atoms with Crippen molar-refractivity contribution < 1.29 is 0 Å². The smallest absolute Gasteiger partial charge is 0.0750 e. The maximum atomic E-state index is 6.11. The van der Waals surface area contributed by atoms with Gasteiger partial charge in [0, 0.05) is 16.1 Å². The van der Waals surface area contributed by atoms with Crippen molar-refractivity contribution in [2.75, 3.05) is 0 Å². The maximum absolute atomic E-state index is 6.11. The molecule has 3 heteroatoms. The van der Waals surface area contributed by atoms with Crippen molar-refractivity contribution in [3.05, 3.63) is 39.5 Å². The van der Waals surface area contributed by atoms with E-state index in [4.69, 9.17) is 23.2 Å². The van der Waals surface area contributed by atoms with Gasteiger partial charge in [0.15, 0.2) is 0 Å². The van der Waals surface area contributed by atoms with Gasteiger partial charge in [-0.1, -0.05) is 23.2 Å². The lowest BCUT2D eigenvalue weighted by Gasteiger charge is -2.05. The highest BCUT2D eigenvalue weighted by Crippen LogP contribution is 2.28. The lowest BCUT2D eigenvalue weighted by Crippen LogP contribution is -1.88. The van der Waals surface area contributed by atoms with Crippen molar-refractivity contribution in [1.82, 2.24) is 4.98 Å². The summed E-state index contributed by atoms with van der Waals surface area (Å²) in [4.78, 5) is 4.43. The van der Waals surface area contributed by atoms with Crippen LogP contribution in [0.15, 0.2) is 18.2 Å². The monoisotopic (exact) mass is 225 g/mol. The topological polar surface area (TPSA) is 12.9 Å². The average molecular weight is 226 g/mol. The van der Waals surface area contributed by atoms with E-state index in [9.17, 15) is 0 Å². The summed E-state index contributed by atoms with van der Waals surface area (Å²) in [5.41, 5.74) is 2.91. The maximum Gasteiger partial charge on any atom is 0.0750 e. The molecular weight excluding hydrogens is 217 g/mol. The second-order valence-electron chi connectivity index (χ2n) is 3.36. The molecule has 0 spiro atoms. The van der Waals surface area contributed by atoms with Crippen LogP contribution in [0, 0.1) is 13.8 Å². The van der Waals surface area contributed by atoms with E-state index in [2.05, 4.69) is 4.98 Å². The Balaban J connectivity index is 2.94. The van der Waals surface area contributed by atoms with Crippen LogP contribution in [-0.2, 0) is 0 Å². The number of hydrogen-bond acceptors (Lipinski definition) is 1. The summed E-state index contributed by atoms with van der Waals surface area (Å²) in [7, 11) is 0. The standard InChI is InChI=1S/C11H9Cl2N/c1-6-3-8(12)5-9-10(13)4-7(2)14-11(6)9/h3-5H,1-2H3. The molecule has 0 atom stereocenters. The first-order valence-corrected chi connectivity index (χ1v) is 5.06. The minimum Gasteiger partial charge on any atom is -0.253 e. The molecule has 72 valence electrons. The number of hydrogen-bond donors (Lipinski definition) is 0. The number of pyridine rings is 1. The molecule has 0 aliphatic heterocycles. The van der Waals surface area contributed by atoms with Gasteiger partial charge in [-0.2, -0.15) is 0 Å². The average Bonchev–Trinajstić information content (AvgIpc) is 2.07. The van der Waals surface area contributed by atoms with Gasteiger partial charge in [0.2, 0.25) is 0 Å². The fourth-order valence-electron chi connectivity index (χ4n) is 1.54. The van der Waals surface area contributed by atoms with Gasteiger partial charge in [-0.3, -0.25) is 4.98 Å². The third-order valence-electron chi connectivity index (χ3n) is 2.15. The number of rotatable bonds is 0. The number of fused-ring (bicyclic) bond motifs is 1. The summed E-state index contributed by atoms with van der Waals surface area (Å²) >= 11 is 12.1. The summed E-state index contributed by atoms with van der Waals surface area (Å²) < 4.78 is 0. The fourth-order valence-corrected chi connectivity index (χ4v) is 2.11. The van der Waals surface area contributed by atoms with Gasteiger partial charge in [0.25, 0.3) is 0 Å². The van der Waals surface area contributed by atoms with E-state index in [1.54, 1.807) is 0 Å². The Hall–Kier alpha value is -0.790. The quantitative estimate of drug-likeness (QED) is 0.657. The van der Waals surface area contributed by atoms with Crippen LogP contribution in [0.4, 0.5) is 0 Å². The van der Waals surface area contributed by atoms with E-state index in [-0.39, 0.29) is 0 Å². The molecule has 0 saturated heterocycles. The van der Waals surface area contributed by atoms with Crippen LogP contribution >= 0.6 is 23.2 Å². The van der Waals surface area contributed by atoms with E-state index in [1.165, 1.54) is 0 Å². The summed E-state index contributed by atoms with van der Waals surface area (Å²) in [5.74, 6) is 0. The lowest BCUT2D eigenvalue weighted by atomic mass is 10.1. The van der Waals surface area contributed by atoms with Crippen LogP contribution in [0.1, 0.15) is 11.3 Å². The van der Waals surface area contributed by atoms with Crippen LogP contribution < -0.4 is 0 Å². The fraction of sp³-hybridized carbons (Fsp3) is 0.182. The van der Waals surface area contributed by atoms with Crippen molar-refractivity contribution in [1.29, 1.82) is 0 Å². The number of halogens is 2. The second-order valence-corrected chi connectivity index (χ2v) is 4.21. The summed E-state index contributed by atoms with van der Waals surface area (Å²) in [5, 5.41) is 2.32. The lowest BCUT2D eigenvalue weighted by molar-refractivity contribution is 1.24.